The minimum Gasteiger partial charge on any atom is -0.382 e. The number of aryl methyl sites for hydroxylation is 1. The maximum Gasteiger partial charge on any atom is 0.253 e. The van der Waals surface area contributed by atoms with Crippen molar-refractivity contribution in [3.05, 3.63) is 59.4 Å². The number of rotatable bonds is 5. The largest absolute Gasteiger partial charge is 0.382 e. The quantitative estimate of drug-likeness (QED) is 0.886. The van der Waals surface area contributed by atoms with Gasteiger partial charge in [-0.1, -0.05) is 29.8 Å². The minimum absolute atomic E-state index is 0.114. The van der Waals surface area contributed by atoms with Crippen LogP contribution in [-0.4, -0.2) is 16.9 Å². The average Bonchev–Trinajstić information content (AvgIpc) is 2.44. The molecule has 2 rings (SSSR count). The van der Waals surface area contributed by atoms with E-state index in [1.165, 1.54) is 5.56 Å². The molecule has 0 aliphatic rings. The van der Waals surface area contributed by atoms with Crippen LogP contribution in [-0.2, 0) is 6.54 Å². The van der Waals surface area contributed by atoms with E-state index < -0.39 is 0 Å². The number of hydrogen-bond donors (Lipinski definition) is 2. The van der Waals surface area contributed by atoms with Gasteiger partial charge in [0.05, 0.1) is 11.3 Å². The van der Waals surface area contributed by atoms with Gasteiger partial charge in [0.25, 0.3) is 5.91 Å². The number of nitrogens with zero attached hydrogens (tertiary/aromatic N) is 1. The number of nitrogens with one attached hydrogen (secondary N) is 2. The molecule has 0 aliphatic heterocycles. The molecule has 0 radical (unpaired) electrons. The van der Waals surface area contributed by atoms with Crippen LogP contribution < -0.4 is 10.6 Å². The van der Waals surface area contributed by atoms with E-state index in [4.69, 9.17) is 0 Å². The highest BCUT2D eigenvalue weighted by Crippen LogP contribution is 2.10. The zero-order chi connectivity index (χ0) is 15.2. The molecule has 0 saturated carbocycles. The van der Waals surface area contributed by atoms with Crippen molar-refractivity contribution in [2.45, 2.75) is 33.4 Å². The Morgan fingerprint density at radius 2 is 2.05 bits per heavy atom. The van der Waals surface area contributed by atoms with Gasteiger partial charge in [-0.25, -0.2) is 0 Å². The Morgan fingerprint density at radius 3 is 2.76 bits per heavy atom. The number of carbonyl (C=O) groups excluding carboxylic acids is 1. The molecule has 1 aromatic carbocycles. The number of carbonyl (C=O) groups is 1. The van der Waals surface area contributed by atoms with E-state index in [0.29, 0.717) is 18.2 Å². The summed E-state index contributed by atoms with van der Waals surface area (Å²) in [5, 5.41) is 6.16. The zero-order valence-corrected chi connectivity index (χ0v) is 12.7. The van der Waals surface area contributed by atoms with Crippen molar-refractivity contribution in [1.29, 1.82) is 0 Å². The van der Waals surface area contributed by atoms with Crippen molar-refractivity contribution in [2.24, 2.45) is 0 Å². The smallest absolute Gasteiger partial charge is 0.253 e. The molecule has 1 heterocycles. The van der Waals surface area contributed by atoms with Crippen LogP contribution in [0.3, 0.4) is 0 Å². The van der Waals surface area contributed by atoms with Crippen LogP contribution in [0.1, 0.15) is 35.3 Å². The Labute approximate surface area is 125 Å². The SMILES string of the molecule is Cc1cccc(CNC(=O)c2cncc(NC(C)C)c2)c1. The number of amides is 1. The van der Waals surface area contributed by atoms with Gasteiger partial charge in [0.2, 0.25) is 0 Å². The molecule has 2 aromatic rings. The van der Waals surface area contributed by atoms with Gasteiger partial charge in [-0.2, -0.15) is 0 Å². The van der Waals surface area contributed by atoms with Crippen LogP contribution in [0.15, 0.2) is 42.7 Å². The third kappa shape index (κ3) is 4.60. The summed E-state index contributed by atoms with van der Waals surface area (Å²) in [4.78, 5) is 16.3. The fourth-order valence-electron chi connectivity index (χ4n) is 2.08. The van der Waals surface area contributed by atoms with Crippen molar-refractivity contribution >= 4 is 11.6 Å². The Morgan fingerprint density at radius 1 is 1.24 bits per heavy atom. The Bertz CT molecular complexity index is 623. The van der Waals surface area contributed by atoms with Gasteiger partial charge >= 0.3 is 0 Å². The molecule has 0 fully saturated rings. The molecule has 0 saturated heterocycles. The monoisotopic (exact) mass is 283 g/mol. The third-order valence-corrected chi connectivity index (χ3v) is 2.99. The maximum atomic E-state index is 12.2. The normalized spacial score (nSPS) is 10.5. The molecule has 0 spiro atoms. The summed E-state index contributed by atoms with van der Waals surface area (Å²) in [6.45, 7) is 6.65. The molecule has 21 heavy (non-hydrogen) atoms. The number of aromatic nitrogens is 1. The first-order chi connectivity index (χ1) is 10.0. The Kier molecular flexibility index (Phi) is 4.93. The maximum absolute atomic E-state index is 12.2. The summed E-state index contributed by atoms with van der Waals surface area (Å²) >= 11 is 0. The summed E-state index contributed by atoms with van der Waals surface area (Å²) in [6, 6.07) is 10.2. The van der Waals surface area contributed by atoms with Crippen LogP contribution in [0.5, 0.6) is 0 Å². The average molecular weight is 283 g/mol. The summed E-state index contributed by atoms with van der Waals surface area (Å²) < 4.78 is 0. The highest BCUT2D eigenvalue weighted by molar-refractivity contribution is 5.94. The highest BCUT2D eigenvalue weighted by Gasteiger charge is 2.07. The first kappa shape index (κ1) is 15.0. The molecule has 0 unspecified atom stereocenters. The van der Waals surface area contributed by atoms with Gasteiger partial charge in [0.15, 0.2) is 0 Å². The predicted octanol–water partition coefficient (Wildman–Crippen LogP) is 3.14. The van der Waals surface area contributed by atoms with E-state index in [9.17, 15) is 4.79 Å². The molecule has 1 aromatic heterocycles. The van der Waals surface area contributed by atoms with E-state index in [1.54, 1.807) is 12.4 Å². The molecule has 0 aliphatic carbocycles. The molecule has 1 amide bonds. The predicted molar refractivity (Wildman–Crippen MR) is 85.3 cm³/mol. The molecular formula is C17H21N3O. The van der Waals surface area contributed by atoms with Gasteiger partial charge in [0, 0.05) is 25.0 Å². The van der Waals surface area contributed by atoms with Crippen LogP contribution >= 0.6 is 0 Å². The third-order valence-electron chi connectivity index (χ3n) is 2.99. The lowest BCUT2D eigenvalue weighted by atomic mass is 10.1. The van der Waals surface area contributed by atoms with Crippen molar-refractivity contribution in [2.75, 3.05) is 5.32 Å². The minimum atomic E-state index is -0.114. The fourth-order valence-corrected chi connectivity index (χ4v) is 2.08. The van der Waals surface area contributed by atoms with Crippen molar-refractivity contribution in [1.82, 2.24) is 10.3 Å². The highest BCUT2D eigenvalue weighted by atomic mass is 16.1. The summed E-state index contributed by atoms with van der Waals surface area (Å²) in [5.74, 6) is -0.114. The van der Waals surface area contributed by atoms with Crippen molar-refractivity contribution in [3.8, 4) is 0 Å². The number of anilines is 1. The fraction of sp³-hybridized carbons (Fsp3) is 0.294. The lowest BCUT2D eigenvalue weighted by Gasteiger charge is -2.11. The van der Waals surface area contributed by atoms with E-state index in [2.05, 4.69) is 21.7 Å². The summed E-state index contributed by atoms with van der Waals surface area (Å²) in [7, 11) is 0. The van der Waals surface area contributed by atoms with E-state index in [1.807, 2.05) is 45.0 Å². The molecule has 0 atom stereocenters. The molecule has 0 bridgehead atoms. The van der Waals surface area contributed by atoms with Crippen LogP contribution in [0, 0.1) is 6.92 Å². The van der Waals surface area contributed by atoms with E-state index in [0.717, 1.165) is 11.3 Å². The lowest BCUT2D eigenvalue weighted by molar-refractivity contribution is 0.0950. The topological polar surface area (TPSA) is 54.0 Å². The lowest BCUT2D eigenvalue weighted by Crippen LogP contribution is -2.23. The molecule has 110 valence electrons. The molecule has 2 N–H and O–H groups in total. The van der Waals surface area contributed by atoms with Gasteiger partial charge in [-0.15, -0.1) is 0 Å². The van der Waals surface area contributed by atoms with Crippen LogP contribution in [0.25, 0.3) is 0 Å². The second-order valence-corrected chi connectivity index (χ2v) is 5.43. The second-order valence-electron chi connectivity index (χ2n) is 5.43. The summed E-state index contributed by atoms with van der Waals surface area (Å²) in [5.41, 5.74) is 3.70. The van der Waals surface area contributed by atoms with Crippen molar-refractivity contribution < 1.29 is 4.79 Å². The zero-order valence-electron chi connectivity index (χ0n) is 12.7. The van der Waals surface area contributed by atoms with E-state index >= 15 is 0 Å². The summed E-state index contributed by atoms with van der Waals surface area (Å²) in [6.07, 6.45) is 3.30. The van der Waals surface area contributed by atoms with Gasteiger partial charge in [0.1, 0.15) is 0 Å². The van der Waals surface area contributed by atoms with Gasteiger partial charge in [-0.05, 0) is 32.4 Å². The van der Waals surface area contributed by atoms with Crippen molar-refractivity contribution in [3.63, 3.8) is 0 Å². The molecule has 4 nitrogen and oxygen atoms in total. The Balaban J connectivity index is 2.00. The molecule has 4 heteroatoms. The number of hydrogen-bond acceptors (Lipinski definition) is 3. The van der Waals surface area contributed by atoms with E-state index in [-0.39, 0.29) is 5.91 Å². The standard InChI is InChI=1S/C17H21N3O/c1-12(2)20-16-8-15(10-18-11-16)17(21)19-9-14-6-4-5-13(3)7-14/h4-8,10-12,20H,9H2,1-3H3,(H,19,21). The van der Waals surface area contributed by atoms with Crippen LogP contribution in [0.2, 0.25) is 0 Å². The number of pyridine rings is 1. The Hall–Kier alpha value is -2.36. The second kappa shape index (κ2) is 6.88. The first-order valence-electron chi connectivity index (χ1n) is 7.10. The van der Waals surface area contributed by atoms with Crippen LogP contribution in [0.4, 0.5) is 5.69 Å². The number of benzene rings is 1. The first-order valence-corrected chi connectivity index (χ1v) is 7.10. The van der Waals surface area contributed by atoms with Gasteiger partial charge in [-0.3, -0.25) is 9.78 Å². The van der Waals surface area contributed by atoms with Gasteiger partial charge < -0.3 is 10.6 Å². The molecular weight excluding hydrogens is 262 g/mol.